The van der Waals surface area contributed by atoms with Crippen LogP contribution in [0.4, 0.5) is 5.69 Å². The van der Waals surface area contributed by atoms with Gasteiger partial charge in [0.2, 0.25) is 0 Å². The summed E-state index contributed by atoms with van der Waals surface area (Å²) >= 11 is 7.70. The second-order valence-corrected chi connectivity index (χ2v) is 4.43. The Kier molecular flexibility index (Phi) is 3.72. The van der Waals surface area contributed by atoms with Gasteiger partial charge in [0.05, 0.1) is 23.8 Å². The zero-order chi connectivity index (χ0) is 10.7. The summed E-state index contributed by atoms with van der Waals surface area (Å²) in [6, 6.07) is 2.02. The number of aromatic nitrogens is 1. The molecule has 0 aromatic carbocycles. The molecule has 1 aromatic rings. The predicted molar refractivity (Wildman–Crippen MR) is 64.1 cm³/mol. The van der Waals surface area contributed by atoms with E-state index >= 15 is 0 Å². The Hall–Kier alpha value is -0.450. The van der Waals surface area contributed by atoms with Crippen molar-refractivity contribution in [3.63, 3.8) is 0 Å². The van der Waals surface area contributed by atoms with Gasteiger partial charge in [-0.1, -0.05) is 11.6 Å². The fourth-order valence-electron chi connectivity index (χ4n) is 1.66. The molecule has 0 spiro atoms. The molecule has 0 aliphatic carbocycles. The predicted octanol–water partition coefficient (Wildman–Crippen LogP) is 2.29. The average molecular weight is 245 g/mol. The second-order valence-electron chi connectivity index (χ2n) is 3.25. The lowest BCUT2D eigenvalue weighted by atomic mass is 10.3. The molecule has 1 fully saturated rings. The first kappa shape index (κ1) is 11.0. The maximum Gasteiger partial charge on any atom is 0.144 e. The lowest BCUT2D eigenvalue weighted by Gasteiger charge is -2.30. The Morgan fingerprint density at radius 2 is 2.20 bits per heavy atom. The molecule has 0 bridgehead atoms. The highest BCUT2D eigenvalue weighted by atomic mass is 35.5. The first-order chi connectivity index (χ1) is 7.33. The monoisotopic (exact) mass is 244 g/mol. The van der Waals surface area contributed by atoms with Crippen LogP contribution in [0.15, 0.2) is 17.2 Å². The number of hydrogen-bond acceptors (Lipinski definition) is 4. The molecule has 0 atom stereocenters. The fraction of sp³-hybridized carbons (Fsp3) is 0.500. The molecule has 15 heavy (non-hydrogen) atoms. The number of pyridine rings is 1. The Bertz CT molecular complexity index is 342. The van der Waals surface area contributed by atoms with Crippen LogP contribution in [-0.2, 0) is 4.74 Å². The van der Waals surface area contributed by atoms with Gasteiger partial charge in [0.25, 0.3) is 0 Å². The van der Waals surface area contributed by atoms with Gasteiger partial charge in [-0.15, -0.1) is 11.8 Å². The highest BCUT2D eigenvalue weighted by molar-refractivity contribution is 7.98. The van der Waals surface area contributed by atoms with Crippen molar-refractivity contribution in [1.82, 2.24) is 4.98 Å². The van der Waals surface area contributed by atoms with Crippen LogP contribution in [0.1, 0.15) is 0 Å². The van der Waals surface area contributed by atoms with Gasteiger partial charge in [0.1, 0.15) is 5.15 Å². The van der Waals surface area contributed by atoms with E-state index < -0.39 is 0 Å². The highest BCUT2D eigenvalue weighted by Crippen LogP contribution is 2.33. The lowest BCUT2D eigenvalue weighted by Crippen LogP contribution is -2.36. The largest absolute Gasteiger partial charge is 0.378 e. The number of nitrogens with zero attached hydrogens (tertiary/aromatic N) is 2. The molecule has 1 aliphatic rings. The zero-order valence-corrected chi connectivity index (χ0v) is 10.1. The minimum Gasteiger partial charge on any atom is -0.378 e. The Morgan fingerprint density at radius 1 is 1.47 bits per heavy atom. The maximum absolute atomic E-state index is 6.06. The van der Waals surface area contributed by atoms with E-state index in [1.807, 2.05) is 12.3 Å². The molecule has 0 amide bonds. The van der Waals surface area contributed by atoms with Crippen LogP contribution in [0.5, 0.6) is 0 Å². The summed E-state index contributed by atoms with van der Waals surface area (Å²) in [7, 11) is 0. The van der Waals surface area contributed by atoms with Crippen LogP contribution < -0.4 is 4.90 Å². The van der Waals surface area contributed by atoms with E-state index in [2.05, 4.69) is 9.88 Å². The van der Waals surface area contributed by atoms with Crippen molar-refractivity contribution >= 4 is 29.1 Å². The van der Waals surface area contributed by atoms with Gasteiger partial charge in [-0.2, -0.15) is 0 Å². The molecule has 0 N–H and O–H groups in total. The summed E-state index contributed by atoms with van der Waals surface area (Å²) in [6.07, 6.45) is 3.78. The number of morpholine rings is 1. The fourth-order valence-corrected chi connectivity index (χ4v) is 2.67. The third-order valence-electron chi connectivity index (χ3n) is 2.40. The number of rotatable bonds is 2. The first-order valence-corrected chi connectivity index (χ1v) is 6.44. The SMILES string of the molecule is CSc1c(N2CCOCC2)ccnc1Cl. The van der Waals surface area contributed by atoms with Gasteiger partial charge in [-0.05, 0) is 12.3 Å². The van der Waals surface area contributed by atoms with Crippen LogP contribution in [0.3, 0.4) is 0 Å². The summed E-state index contributed by atoms with van der Waals surface area (Å²) in [5.41, 5.74) is 1.17. The third-order valence-corrected chi connectivity index (χ3v) is 3.61. The second kappa shape index (κ2) is 5.05. The standard InChI is InChI=1S/C10H13ClN2OS/c1-15-9-8(2-3-12-10(9)11)13-4-6-14-7-5-13/h2-3H,4-7H2,1H3. The average Bonchev–Trinajstić information content (AvgIpc) is 2.30. The number of hydrogen-bond donors (Lipinski definition) is 0. The van der Waals surface area contributed by atoms with Crippen molar-refractivity contribution in [3.8, 4) is 0 Å². The number of anilines is 1. The van der Waals surface area contributed by atoms with E-state index in [1.165, 1.54) is 5.69 Å². The van der Waals surface area contributed by atoms with Crippen molar-refractivity contribution in [2.45, 2.75) is 4.90 Å². The van der Waals surface area contributed by atoms with Crippen molar-refractivity contribution in [3.05, 3.63) is 17.4 Å². The summed E-state index contributed by atoms with van der Waals surface area (Å²) in [6.45, 7) is 3.42. The van der Waals surface area contributed by atoms with Gasteiger partial charge < -0.3 is 9.64 Å². The summed E-state index contributed by atoms with van der Waals surface area (Å²) in [5.74, 6) is 0. The third kappa shape index (κ3) is 2.38. The van der Waals surface area contributed by atoms with Crippen molar-refractivity contribution in [2.75, 3.05) is 37.5 Å². The van der Waals surface area contributed by atoms with E-state index in [4.69, 9.17) is 16.3 Å². The minimum absolute atomic E-state index is 0.589. The zero-order valence-electron chi connectivity index (χ0n) is 8.57. The molecule has 2 rings (SSSR count). The van der Waals surface area contributed by atoms with Crippen molar-refractivity contribution < 1.29 is 4.74 Å². The molecule has 5 heteroatoms. The quantitative estimate of drug-likeness (QED) is 0.589. The summed E-state index contributed by atoms with van der Waals surface area (Å²) < 4.78 is 5.33. The Balaban J connectivity index is 2.29. The van der Waals surface area contributed by atoms with Gasteiger partial charge in [0.15, 0.2) is 0 Å². The molecular formula is C10H13ClN2OS. The van der Waals surface area contributed by atoms with Gasteiger partial charge in [-0.25, -0.2) is 4.98 Å². The lowest BCUT2D eigenvalue weighted by molar-refractivity contribution is 0.122. The number of thioether (sulfide) groups is 1. The van der Waals surface area contributed by atoms with Crippen LogP contribution >= 0.6 is 23.4 Å². The van der Waals surface area contributed by atoms with Gasteiger partial charge in [0, 0.05) is 19.3 Å². The Labute approximate surface area is 98.8 Å². The van der Waals surface area contributed by atoms with E-state index in [0.29, 0.717) is 5.15 Å². The van der Waals surface area contributed by atoms with E-state index in [0.717, 1.165) is 31.2 Å². The van der Waals surface area contributed by atoms with E-state index in [1.54, 1.807) is 18.0 Å². The summed E-state index contributed by atoms with van der Waals surface area (Å²) in [4.78, 5) is 7.44. The molecule has 0 radical (unpaired) electrons. The van der Waals surface area contributed by atoms with Gasteiger partial charge >= 0.3 is 0 Å². The first-order valence-electron chi connectivity index (χ1n) is 4.84. The molecule has 1 aromatic heterocycles. The molecule has 0 unspecified atom stereocenters. The van der Waals surface area contributed by atoms with Crippen LogP contribution in [0.2, 0.25) is 5.15 Å². The van der Waals surface area contributed by atoms with E-state index in [-0.39, 0.29) is 0 Å². The number of ether oxygens (including phenoxy) is 1. The molecule has 1 saturated heterocycles. The van der Waals surface area contributed by atoms with Crippen molar-refractivity contribution in [2.24, 2.45) is 0 Å². The van der Waals surface area contributed by atoms with Crippen LogP contribution in [-0.4, -0.2) is 37.5 Å². The molecule has 82 valence electrons. The Morgan fingerprint density at radius 3 is 2.87 bits per heavy atom. The molecule has 2 heterocycles. The van der Waals surface area contributed by atoms with Crippen LogP contribution in [0, 0.1) is 0 Å². The molecule has 3 nitrogen and oxygen atoms in total. The van der Waals surface area contributed by atoms with E-state index in [9.17, 15) is 0 Å². The smallest absolute Gasteiger partial charge is 0.144 e. The minimum atomic E-state index is 0.589. The summed E-state index contributed by atoms with van der Waals surface area (Å²) in [5, 5.41) is 0.589. The number of halogens is 1. The maximum atomic E-state index is 6.06. The molecular weight excluding hydrogens is 232 g/mol. The molecule has 0 saturated carbocycles. The van der Waals surface area contributed by atoms with Crippen molar-refractivity contribution in [1.29, 1.82) is 0 Å². The molecule has 1 aliphatic heterocycles. The topological polar surface area (TPSA) is 25.4 Å². The van der Waals surface area contributed by atoms with Gasteiger partial charge in [-0.3, -0.25) is 0 Å². The normalized spacial score (nSPS) is 16.8. The highest BCUT2D eigenvalue weighted by Gasteiger charge is 2.16. The van der Waals surface area contributed by atoms with Crippen LogP contribution in [0.25, 0.3) is 0 Å².